The zero-order valence-corrected chi connectivity index (χ0v) is 16.9. The number of hydrogen-bond acceptors (Lipinski definition) is 6. The predicted octanol–water partition coefficient (Wildman–Crippen LogP) is 3.44. The number of anilines is 1. The standard InChI is InChI=1S/C21H24FN3O5/c1-3-30-21(27)14-24(13-16-7-9-17(22)10-8-16)12-11-20(26)23-18-5-4-6-19(15(18)2)25(28)29/h4-10H,3,11-14H2,1-2H3,(H,23,26). The third-order valence-electron chi connectivity index (χ3n) is 4.41. The molecule has 1 amide bonds. The van der Waals surface area contributed by atoms with Crippen LogP contribution in [-0.4, -0.2) is 41.4 Å². The first kappa shape index (κ1) is 23.0. The molecule has 0 aromatic heterocycles. The Morgan fingerprint density at radius 1 is 1.20 bits per heavy atom. The van der Waals surface area contributed by atoms with Crippen LogP contribution in [0.25, 0.3) is 0 Å². The lowest BCUT2D eigenvalue weighted by molar-refractivity contribution is -0.385. The Balaban J connectivity index is 2.02. The van der Waals surface area contributed by atoms with Crippen LogP contribution < -0.4 is 5.32 Å². The Bertz CT molecular complexity index is 902. The SMILES string of the molecule is CCOC(=O)CN(CCC(=O)Nc1cccc([N+](=O)[O-])c1C)Cc1ccc(F)cc1. The second-order valence-corrected chi connectivity index (χ2v) is 6.65. The number of nitrogens with zero attached hydrogens (tertiary/aromatic N) is 2. The van der Waals surface area contributed by atoms with Crippen molar-refractivity contribution in [1.29, 1.82) is 0 Å². The molecule has 1 N–H and O–H groups in total. The fourth-order valence-electron chi connectivity index (χ4n) is 2.88. The van der Waals surface area contributed by atoms with E-state index in [0.717, 1.165) is 5.56 Å². The summed E-state index contributed by atoms with van der Waals surface area (Å²) in [5.41, 5.74) is 1.44. The quantitative estimate of drug-likeness (QED) is 0.361. The van der Waals surface area contributed by atoms with E-state index in [0.29, 0.717) is 17.8 Å². The van der Waals surface area contributed by atoms with Crippen LogP contribution in [0.3, 0.4) is 0 Å². The molecule has 8 nitrogen and oxygen atoms in total. The van der Waals surface area contributed by atoms with E-state index < -0.39 is 10.9 Å². The van der Waals surface area contributed by atoms with Crippen molar-refractivity contribution in [2.45, 2.75) is 26.8 Å². The highest BCUT2D eigenvalue weighted by atomic mass is 19.1. The Hall–Kier alpha value is -3.33. The normalized spacial score (nSPS) is 10.7. The number of nitrogens with one attached hydrogen (secondary N) is 1. The molecular weight excluding hydrogens is 393 g/mol. The van der Waals surface area contributed by atoms with E-state index in [4.69, 9.17) is 4.74 Å². The summed E-state index contributed by atoms with van der Waals surface area (Å²) in [7, 11) is 0. The Morgan fingerprint density at radius 2 is 1.90 bits per heavy atom. The van der Waals surface area contributed by atoms with Crippen LogP contribution >= 0.6 is 0 Å². The zero-order chi connectivity index (χ0) is 22.1. The van der Waals surface area contributed by atoms with Crippen LogP contribution in [0.15, 0.2) is 42.5 Å². The number of carbonyl (C=O) groups excluding carboxylic acids is 2. The van der Waals surface area contributed by atoms with Crippen LogP contribution in [0.5, 0.6) is 0 Å². The van der Waals surface area contributed by atoms with E-state index in [1.54, 1.807) is 36.9 Å². The van der Waals surface area contributed by atoms with Gasteiger partial charge in [0.25, 0.3) is 5.69 Å². The molecule has 0 saturated carbocycles. The minimum atomic E-state index is -0.505. The number of nitro groups is 1. The maximum Gasteiger partial charge on any atom is 0.320 e. The Labute approximate surface area is 173 Å². The van der Waals surface area contributed by atoms with Gasteiger partial charge in [-0.2, -0.15) is 0 Å². The smallest absolute Gasteiger partial charge is 0.320 e. The van der Waals surface area contributed by atoms with Crippen LogP contribution in [0.2, 0.25) is 0 Å². The lowest BCUT2D eigenvalue weighted by Crippen LogP contribution is -2.33. The minimum Gasteiger partial charge on any atom is -0.465 e. The average molecular weight is 417 g/mol. The number of amides is 1. The largest absolute Gasteiger partial charge is 0.465 e. The van der Waals surface area contributed by atoms with Crippen molar-refractivity contribution in [3.63, 3.8) is 0 Å². The van der Waals surface area contributed by atoms with Crippen molar-refractivity contribution in [1.82, 2.24) is 4.90 Å². The van der Waals surface area contributed by atoms with Gasteiger partial charge in [-0.25, -0.2) is 4.39 Å². The number of ether oxygens (including phenoxy) is 1. The monoisotopic (exact) mass is 417 g/mol. The third-order valence-corrected chi connectivity index (χ3v) is 4.41. The number of benzene rings is 2. The van der Waals surface area contributed by atoms with Crippen molar-refractivity contribution in [3.8, 4) is 0 Å². The van der Waals surface area contributed by atoms with Gasteiger partial charge in [0.15, 0.2) is 0 Å². The van der Waals surface area contributed by atoms with E-state index in [1.165, 1.54) is 24.3 Å². The van der Waals surface area contributed by atoms with Gasteiger partial charge in [-0.1, -0.05) is 18.2 Å². The number of hydrogen-bond donors (Lipinski definition) is 1. The van der Waals surface area contributed by atoms with Crippen LogP contribution in [0.4, 0.5) is 15.8 Å². The highest BCUT2D eigenvalue weighted by Gasteiger charge is 2.17. The number of rotatable bonds is 10. The van der Waals surface area contributed by atoms with Gasteiger partial charge in [-0.3, -0.25) is 24.6 Å². The minimum absolute atomic E-state index is 0.0195. The van der Waals surface area contributed by atoms with Crippen molar-refractivity contribution >= 4 is 23.3 Å². The maximum absolute atomic E-state index is 13.1. The van der Waals surface area contributed by atoms with Gasteiger partial charge in [-0.05, 0) is 37.6 Å². The van der Waals surface area contributed by atoms with Gasteiger partial charge in [0.2, 0.25) is 5.91 Å². The fraction of sp³-hybridized carbons (Fsp3) is 0.333. The van der Waals surface area contributed by atoms with Crippen molar-refractivity contribution in [2.24, 2.45) is 0 Å². The molecule has 0 unspecified atom stereocenters. The lowest BCUT2D eigenvalue weighted by atomic mass is 10.1. The van der Waals surface area contributed by atoms with Gasteiger partial charge in [0, 0.05) is 25.6 Å². The molecule has 0 radical (unpaired) electrons. The summed E-state index contributed by atoms with van der Waals surface area (Å²) < 4.78 is 18.1. The summed E-state index contributed by atoms with van der Waals surface area (Å²) in [5, 5.41) is 13.7. The summed E-state index contributed by atoms with van der Waals surface area (Å²) in [4.78, 5) is 36.5. The topological polar surface area (TPSA) is 102 Å². The average Bonchev–Trinajstić information content (AvgIpc) is 2.69. The van der Waals surface area contributed by atoms with Crippen LogP contribution in [-0.2, 0) is 20.9 Å². The van der Waals surface area contributed by atoms with Gasteiger partial charge in [0.1, 0.15) is 5.82 Å². The number of carbonyl (C=O) groups is 2. The van der Waals surface area contributed by atoms with E-state index in [-0.39, 0.29) is 43.5 Å². The lowest BCUT2D eigenvalue weighted by Gasteiger charge is -2.21. The summed E-state index contributed by atoms with van der Waals surface area (Å²) in [5.74, 6) is -1.12. The molecular formula is C21H24FN3O5. The van der Waals surface area contributed by atoms with Gasteiger partial charge >= 0.3 is 5.97 Å². The summed E-state index contributed by atoms with van der Waals surface area (Å²) in [6.07, 6.45) is 0.0583. The van der Waals surface area contributed by atoms with Crippen molar-refractivity contribution in [3.05, 3.63) is 69.5 Å². The highest BCUT2D eigenvalue weighted by molar-refractivity contribution is 5.92. The second kappa shape index (κ2) is 11.0. The number of halogens is 1. The molecule has 2 aromatic carbocycles. The van der Waals surface area contributed by atoms with E-state index >= 15 is 0 Å². The molecule has 9 heteroatoms. The molecule has 0 heterocycles. The van der Waals surface area contributed by atoms with Crippen molar-refractivity contribution in [2.75, 3.05) is 25.0 Å². The Kier molecular flexibility index (Phi) is 8.42. The van der Waals surface area contributed by atoms with E-state index in [9.17, 15) is 24.1 Å². The molecule has 0 spiro atoms. The van der Waals surface area contributed by atoms with Crippen LogP contribution in [0, 0.1) is 22.9 Å². The number of esters is 1. The van der Waals surface area contributed by atoms with Gasteiger partial charge in [0.05, 0.1) is 29.3 Å². The number of nitro benzene ring substituents is 1. The molecule has 0 fully saturated rings. The molecule has 2 rings (SSSR count). The highest BCUT2D eigenvalue weighted by Crippen LogP contribution is 2.25. The van der Waals surface area contributed by atoms with Gasteiger partial charge in [-0.15, -0.1) is 0 Å². The van der Waals surface area contributed by atoms with Crippen LogP contribution in [0.1, 0.15) is 24.5 Å². The van der Waals surface area contributed by atoms with Crippen molar-refractivity contribution < 1.29 is 23.6 Å². The fourth-order valence-corrected chi connectivity index (χ4v) is 2.88. The first-order chi connectivity index (χ1) is 14.3. The van der Waals surface area contributed by atoms with Gasteiger partial charge < -0.3 is 10.1 Å². The molecule has 0 saturated heterocycles. The first-order valence-electron chi connectivity index (χ1n) is 9.46. The van der Waals surface area contributed by atoms with E-state index in [1.807, 2.05) is 0 Å². The molecule has 0 aliphatic carbocycles. The molecule has 0 atom stereocenters. The molecule has 0 aliphatic rings. The second-order valence-electron chi connectivity index (χ2n) is 6.65. The third kappa shape index (κ3) is 6.93. The summed E-state index contributed by atoms with van der Waals surface area (Å²) in [6, 6.07) is 10.3. The molecule has 2 aromatic rings. The zero-order valence-electron chi connectivity index (χ0n) is 16.9. The summed E-state index contributed by atoms with van der Waals surface area (Å²) >= 11 is 0. The summed E-state index contributed by atoms with van der Waals surface area (Å²) in [6.45, 7) is 4.08. The maximum atomic E-state index is 13.1. The molecule has 0 bridgehead atoms. The first-order valence-corrected chi connectivity index (χ1v) is 9.46. The molecule has 0 aliphatic heterocycles. The Morgan fingerprint density at radius 3 is 2.53 bits per heavy atom. The molecule has 160 valence electrons. The molecule has 30 heavy (non-hydrogen) atoms. The predicted molar refractivity (Wildman–Crippen MR) is 109 cm³/mol. The van der Waals surface area contributed by atoms with E-state index in [2.05, 4.69) is 5.32 Å².